The predicted octanol–water partition coefficient (Wildman–Crippen LogP) is -0.203. The van der Waals surface area contributed by atoms with Gasteiger partial charge in [-0.25, -0.2) is 8.42 Å². The normalized spacial score (nSPS) is 26.9. The molecule has 1 amide bonds. The van der Waals surface area contributed by atoms with E-state index in [9.17, 15) is 18.3 Å². The molecule has 3 rings (SSSR count). The second-order valence-electron chi connectivity index (χ2n) is 6.64. The van der Waals surface area contributed by atoms with Crippen LogP contribution in [-0.2, 0) is 21.1 Å². The number of sulfone groups is 1. The Balaban J connectivity index is 1.54. The molecule has 138 valence electrons. The molecule has 0 bridgehead atoms. The van der Waals surface area contributed by atoms with Gasteiger partial charge in [0.2, 0.25) is 0 Å². The molecule has 2 heterocycles. The van der Waals surface area contributed by atoms with Crippen LogP contribution in [0.15, 0.2) is 24.3 Å². The van der Waals surface area contributed by atoms with E-state index in [1.165, 1.54) is 0 Å². The Morgan fingerprint density at radius 3 is 2.56 bits per heavy atom. The molecule has 2 fully saturated rings. The summed E-state index contributed by atoms with van der Waals surface area (Å²) in [5.74, 6) is 0.184. The quantitative estimate of drug-likeness (QED) is 0.764. The molecule has 8 heteroatoms. The first-order valence-corrected chi connectivity index (χ1v) is 10.3. The molecule has 2 aliphatic heterocycles. The predicted molar refractivity (Wildman–Crippen MR) is 93.1 cm³/mol. The highest BCUT2D eigenvalue weighted by atomic mass is 32.2. The molecule has 7 nitrogen and oxygen atoms in total. The Morgan fingerprint density at radius 1 is 1.24 bits per heavy atom. The fourth-order valence-electron chi connectivity index (χ4n) is 3.04. The number of rotatable bonds is 4. The van der Waals surface area contributed by atoms with Crippen LogP contribution in [-0.4, -0.2) is 74.3 Å². The summed E-state index contributed by atoms with van der Waals surface area (Å²) in [6.07, 6.45) is -0.0533. The van der Waals surface area contributed by atoms with Crippen molar-refractivity contribution in [2.75, 3.05) is 37.8 Å². The minimum Gasteiger partial charge on any atom is -0.391 e. The summed E-state index contributed by atoms with van der Waals surface area (Å²) >= 11 is 0. The molecule has 0 saturated carbocycles. The Hall–Kier alpha value is -1.48. The first-order chi connectivity index (χ1) is 11.9. The van der Waals surface area contributed by atoms with E-state index in [4.69, 9.17) is 4.74 Å². The van der Waals surface area contributed by atoms with E-state index in [1.54, 1.807) is 12.1 Å². The Labute approximate surface area is 147 Å². The van der Waals surface area contributed by atoms with Crippen molar-refractivity contribution in [3.05, 3.63) is 35.4 Å². The summed E-state index contributed by atoms with van der Waals surface area (Å²) in [4.78, 5) is 14.4. The van der Waals surface area contributed by atoms with Crippen LogP contribution in [0.2, 0.25) is 0 Å². The topological polar surface area (TPSA) is 95.9 Å². The van der Waals surface area contributed by atoms with Crippen LogP contribution in [0.25, 0.3) is 0 Å². The lowest BCUT2D eigenvalue weighted by atomic mass is 10.1. The molecule has 2 saturated heterocycles. The molecule has 2 aliphatic rings. The van der Waals surface area contributed by atoms with Crippen molar-refractivity contribution in [1.29, 1.82) is 0 Å². The molecular weight excluding hydrogens is 344 g/mol. The lowest BCUT2D eigenvalue weighted by Crippen LogP contribution is -2.49. The van der Waals surface area contributed by atoms with Crippen LogP contribution in [0, 0.1) is 0 Å². The Kier molecular flexibility index (Phi) is 5.73. The lowest BCUT2D eigenvalue weighted by molar-refractivity contribution is -0.0140. The molecule has 2 N–H and O–H groups in total. The summed E-state index contributed by atoms with van der Waals surface area (Å²) < 4.78 is 28.2. The third-order valence-corrected chi connectivity index (χ3v) is 6.30. The van der Waals surface area contributed by atoms with Gasteiger partial charge in [0.05, 0.1) is 30.3 Å². The molecule has 0 aliphatic carbocycles. The molecule has 25 heavy (non-hydrogen) atoms. The van der Waals surface area contributed by atoms with Crippen LogP contribution >= 0.6 is 0 Å². The third-order valence-electron chi connectivity index (χ3n) is 4.70. The maximum Gasteiger partial charge on any atom is 0.251 e. The largest absolute Gasteiger partial charge is 0.391 e. The van der Waals surface area contributed by atoms with Crippen LogP contribution in [0.1, 0.15) is 22.3 Å². The van der Waals surface area contributed by atoms with Crippen LogP contribution in [0.4, 0.5) is 0 Å². The number of amides is 1. The van der Waals surface area contributed by atoms with Crippen LogP contribution in [0.5, 0.6) is 0 Å². The van der Waals surface area contributed by atoms with Crippen molar-refractivity contribution < 1.29 is 23.1 Å². The van der Waals surface area contributed by atoms with Crippen molar-refractivity contribution in [2.45, 2.75) is 25.1 Å². The molecular formula is C17H24N2O5S. The number of carbonyl (C=O) groups excluding carboxylic acids is 1. The van der Waals surface area contributed by atoms with Gasteiger partial charge in [-0.05, 0) is 24.1 Å². The summed E-state index contributed by atoms with van der Waals surface area (Å²) in [5, 5.41) is 12.7. The van der Waals surface area contributed by atoms with Crippen molar-refractivity contribution in [1.82, 2.24) is 10.2 Å². The maximum absolute atomic E-state index is 12.3. The average molecular weight is 368 g/mol. The molecule has 0 aromatic heterocycles. The highest BCUT2D eigenvalue weighted by Gasteiger charge is 2.25. The molecule has 2 atom stereocenters. The van der Waals surface area contributed by atoms with Gasteiger partial charge in [0.25, 0.3) is 5.91 Å². The number of hydrogen-bond acceptors (Lipinski definition) is 6. The fraction of sp³-hybridized carbons (Fsp3) is 0.588. The zero-order valence-corrected chi connectivity index (χ0v) is 14.9. The lowest BCUT2D eigenvalue weighted by Gasteiger charge is -2.28. The number of aliphatic hydroxyl groups is 1. The summed E-state index contributed by atoms with van der Waals surface area (Å²) in [7, 11) is -2.87. The molecule has 0 radical (unpaired) electrons. The second-order valence-corrected chi connectivity index (χ2v) is 8.94. The SMILES string of the molecule is O=C(N[C@@H]1COCC[C@H]1O)c1ccc(CN2CCS(=O)(=O)CC2)cc1. The highest BCUT2D eigenvalue weighted by Crippen LogP contribution is 2.12. The molecule has 1 aromatic carbocycles. The number of carbonyl (C=O) groups is 1. The van der Waals surface area contributed by atoms with Crippen molar-refractivity contribution in [2.24, 2.45) is 0 Å². The fourth-order valence-corrected chi connectivity index (χ4v) is 4.32. The van der Waals surface area contributed by atoms with E-state index >= 15 is 0 Å². The molecule has 0 unspecified atom stereocenters. The first-order valence-electron chi connectivity index (χ1n) is 8.51. The van der Waals surface area contributed by atoms with Crippen molar-refractivity contribution in [3.63, 3.8) is 0 Å². The number of hydrogen-bond donors (Lipinski definition) is 2. The standard InChI is InChI=1S/C17H24N2O5S/c20-16-5-8-24-12-15(16)18-17(21)14-3-1-13(2-4-14)11-19-6-9-25(22,23)10-7-19/h1-4,15-16,20H,5-12H2,(H,18,21)/t15-,16-/m1/s1. The second kappa shape index (κ2) is 7.82. The minimum absolute atomic E-state index is 0.208. The molecule has 0 spiro atoms. The monoisotopic (exact) mass is 368 g/mol. The molecule has 1 aromatic rings. The van der Waals surface area contributed by atoms with Crippen molar-refractivity contribution in [3.8, 4) is 0 Å². The van der Waals surface area contributed by atoms with Gasteiger partial charge in [0, 0.05) is 31.8 Å². The van der Waals surface area contributed by atoms with Gasteiger partial charge in [-0.1, -0.05) is 12.1 Å². The van der Waals surface area contributed by atoms with Gasteiger partial charge in [-0.3, -0.25) is 9.69 Å². The van der Waals surface area contributed by atoms with E-state index in [-0.39, 0.29) is 23.5 Å². The average Bonchev–Trinajstić information content (AvgIpc) is 2.59. The summed E-state index contributed by atoms with van der Waals surface area (Å²) in [5.41, 5.74) is 1.57. The van der Waals surface area contributed by atoms with Gasteiger partial charge < -0.3 is 15.2 Å². The number of nitrogens with one attached hydrogen (secondary N) is 1. The number of benzene rings is 1. The van der Waals surface area contributed by atoms with Gasteiger partial charge in [0.1, 0.15) is 0 Å². The van der Waals surface area contributed by atoms with Crippen LogP contribution < -0.4 is 5.32 Å². The first kappa shape index (κ1) is 18.3. The summed E-state index contributed by atoms with van der Waals surface area (Å²) in [6.45, 7) is 2.60. The van der Waals surface area contributed by atoms with E-state index in [0.29, 0.717) is 44.8 Å². The number of nitrogens with zero attached hydrogens (tertiary/aromatic N) is 1. The zero-order chi connectivity index (χ0) is 17.9. The number of ether oxygens (including phenoxy) is 1. The Morgan fingerprint density at radius 2 is 1.92 bits per heavy atom. The highest BCUT2D eigenvalue weighted by molar-refractivity contribution is 7.91. The van der Waals surface area contributed by atoms with Crippen LogP contribution in [0.3, 0.4) is 0 Å². The summed E-state index contributed by atoms with van der Waals surface area (Å²) in [6, 6.07) is 6.89. The smallest absolute Gasteiger partial charge is 0.251 e. The minimum atomic E-state index is -2.87. The van der Waals surface area contributed by atoms with E-state index < -0.39 is 15.9 Å². The van der Waals surface area contributed by atoms with Gasteiger partial charge >= 0.3 is 0 Å². The Bertz CT molecular complexity index is 690. The third kappa shape index (κ3) is 5.01. The number of aliphatic hydroxyl groups excluding tert-OH is 1. The van der Waals surface area contributed by atoms with E-state index in [1.807, 2.05) is 12.1 Å². The van der Waals surface area contributed by atoms with Gasteiger partial charge in [0.15, 0.2) is 9.84 Å². The van der Waals surface area contributed by atoms with E-state index in [2.05, 4.69) is 10.2 Å². The van der Waals surface area contributed by atoms with Crippen molar-refractivity contribution >= 4 is 15.7 Å². The van der Waals surface area contributed by atoms with E-state index in [0.717, 1.165) is 5.56 Å². The van der Waals surface area contributed by atoms with Gasteiger partial charge in [-0.15, -0.1) is 0 Å². The van der Waals surface area contributed by atoms with Gasteiger partial charge in [-0.2, -0.15) is 0 Å². The maximum atomic E-state index is 12.3. The zero-order valence-electron chi connectivity index (χ0n) is 14.1.